The molecule has 1 aromatic carbocycles. The molecule has 0 atom stereocenters. The van der Waals surface area contributed by atoms with E-state index in [2.05, 4.69) is 0 Å². The molecule has 72 valence electrons. The van der Waals surface area contributed by atoms with E-state index in [1.807, 2.05) is 0 Å². The highest BCUT2D eigenvalue weighted by Crippen LogP contribution is 2.29. The van der Waals surface area contributed by atoms with Crippen LogP contribution in [0.15, 0.2) is 18.2 Å². The second-order valence-electron chi connectivity index (χ2n) is 2.99. The van der Waals surface area contributed by atoms with Crippen LogP contribution in [0.5, 0.6) is 0 Å². The van der Waals surface area contributed by atoms with Gasteiger partial charge in [0, 0.05) is 5.56 Å². The minimum Gasteiger partial charge on any atom is -0.353 e. The van der Waals surface area contributed by atoms with Crippen LogP contribution in [0.1, 0.15) is 20.7 Å². The molecule has 0 spiro atoms. The normalized spacial score (nSPS) is 18.5. The van der Waals surface area contributed by atoms with Crippen LogP contribution >= 0.6 is 0 Å². The Balaban J connectivity index is 2.77. The Labute approximate surface area is 77.6 Å². The molecule has 0 aliphatic heterocycles. The molecule has 1 aromatic rings. The summed E-state index contributed by atoms with van der Waals surface area (Å²) >= 11 is 0. The minimum atomic E-state index is -3.11. The summed E-state index contributed by atoms with van der Waals surface area (Å²) < 4.78 is 13.1. The highest BCUT2D eigenvalue weighted by molar-refractivity contribution is 6.30. The molecule has 2 N–H and O–H groups in total. The molecule has 0 radical (unpaired) electrons. The Bertz CT molecular complexity index is 450. The fraction of sp³-hybridized carbons (Fsp3) is 0.111. The third-order valence-electron chi connectivity index (χ3n) is 2.12. The quantitative estimate of drug-likeness (QED) is 0.448. The summed E-state index contributed by atoms with van der Waals surface area (Å²) in [5.41, 5.74) is -0.845. The third kappa shape index (κ3) is 0.878. The van der Waals surface area contributed by atoms with E-state index in [1.54, 1.807) is 0 Å². The molecule has 0 saturated carbocycles. The van der Waals surface area contributed by atoms with E-state index in [0.29, 0.717) is 0 Å². The van der Waals surface area contributed by atoms with E-state index in [-0.39, 0.29) is 5.56 Å². The summed E-state index contributed by atoms with van der Waals surface area (Å²) in [6.07, 6.45) is 0. The fourth-order valence-electron chi connectivity index (χ4n) is 1.41. The van der Waals surface area contributed by atoms with Gasteiger partial charge >= 0.3 is 0 Å². The number of rotatable bonds is 0. The second kappa shape index (κ2) is 2.46. The number of ketones is 2. The molecule has 1 aliphatic rings. The van der Waals surface area contributed by atoms with Gasteiger partial charge < -0.3 is 10.2 Å². The topological polar surface area (TPSA) is 74.6 Å². The van der Waals surface area contributed by atoms with E-state index in [1.165, 1.54) is 12.1 Å². The SMILES string of the molecule is O=C1c2cccc(F)c2C(=O)C1(O)O. The van der Waals surface area contributed by atoms with Crippen molar-refractivity contribution in [3.63, 3.8) is 0 Å². The molecule has 0 unspecified atom stereocenters. The van der Waals surface area contributed by atoms with Gasteiger partial charge in [0.2, 0.25) is 11.6 Å². The van der Waals surface area contributed by atoms with Crippen LogP contribution in [-0.2, 0) is 0 Å². The number of hydrogen-bond acceptors (Lipinski definition) is 4. The summed E-state index contributed by atoms with van der Waals surface area (Å²) in [4.78, 5) is 22.4. The fourth-order valence-corrected chi connectivity index (χ4v) is 1.41. The molecule has 0 amide bonds. The lowest BCUT2D eigenvalue weighted by molar-refractivity contribution is -0.0858. The second-order valence-corrected chi connectivity index (χ2v) is 2.99. The van der Waals surface area contributed by atoms with E-state index in [0.717, 1.165) is 6.07 Å². The van der Waals surface area contributed by atoms with Crippen LogP contribution in [-0.4, -0.2) is 27.6 Å². The van der Waals surface area contributed by atoms with Gasteiger partial charge in [0.15, 0.2) is 0 Å². The van der Waals surface area contributed by atoms with Gasteiger partial charge in [-0.05, 0) is 6.07 Å². The Hall–Kier alpha value is -1.59. The molecule has 0 bridgehead atoms. The number of benzene rings is 1. The number of aliphatic hydroxyl groups is 2. The largest absolute Gasteiger partial charge is 0.353 e. The lowest BCUT2D eigenvalue weighted by Gasteiger charge is -2.08. The van der Waals surface area contributed by atoms with Crippen molar-refractivity contribution in [2.45, 2.75) is 5.79 Å². The first kappa shape index (κ1) is 8.98. The Morgan fingerprint density at radius 3 is 2.36 bits per heavy atom. The van der Waals surface area contributed by atoms with E-state index < -0.39 is 28.7 Å². The zero-order valence-electron chi connectivity index (χ0n) is 6.82. The van der Waals surface area contributed by atoms with Crippen molar-refractivity contribution in [3.05, 3.63) is 35.1 Å². The van der Waals surface area contributed by atoms with Crippen molar-refractivity contribution in [3.8, 4) is 0 Å². The molecular formula is C9H5FO4. The highest BCUT2D eigenvalue weighted by Gasteiger charge is 2.52. The predicted molar refractivity (Wildman–Crippen MR) is 42.2 cm³/mol. The smallest absolute Gasteiger partial charge is 0.295 e. The minimum absolute atomic E-state index is 0.292. The van der Waals surface area contributed by atoms with Crippen LogP contribution in [0.4, 0.5) is 4.39 Å². The number of carbonyl (C=O) groups excluding carboxylic acids is 2. The number of fused-ring (bicyclic) bond motifs is 1. The molecule has 0 aromatic heterocycles. The molecular weight excluding hydrogens is 191 g/mol. The van der Waals surface area contributed by atoms with Crippen molar-refractivity contribution < 1.29 is 24.2 Å². The molecule has 14 heavy (non-hydrogen) atoms. The Morgan fingerprint density at radius 1 is 1.14 bits per heavy atom. The number of halogens is 1. The summed E-state index contributed by atoms with van der Waals surface area (Å²) in [6.45, 7) is 0. The van der Waals surface area contributed by atoms with Crippen LogP contribution in [0.25, 0.3) is 0 Å². The van der Waals surface area contributed by atoms with Crippen LogP contribution in [0.3, 0.4) is 0 Å². The van der Waals surface area contributed by atoms with Crippen molar-refractivity contribution in [1.82, 2.24) is 0 Å². The maximum absolute atomic E-state index is 13.1. The predicted octanol–water partition coefficient (Wildman–Crippen LogP) is -0.114. The first-order chi connectivity index (χ1) is 6.46. The van der Waals surface area contributed by atoms with Gasteiger partial charge in [-0.3, -0.25) is 9.59 Å². The van der Waals surface area contributed by atoms with Gasteiger partial charge in [-0.25, -0.2) is 4.39 Å². The van der Waals surface area contributed by atoms with Crippen LogP contribution in [0, 0.1) is 5.82 Å². The van der Waals surface area contributed by atoms with Crippen molar-refractivity contribution in [1.29, 1.82) is 0 Å². The molecule has 1 aliphatic carbocycles. The Morgan fingerprint density at radius 2 is 1.79 bits per heavy atom. The average molecular weight is 196 g/mol. The van der Waals surface area contributed by atoms with Gasteiger partial charge in [-0.2, -0.15) is 0 Å². The molecule has 0 fully saturated rings. The molecule has 0 saturated heterocycles. The zero-order valence-corrected chi connectivity index (χ0v) is 6.82. The maximum Gasteiger partial charge on any atom is 0.295 e. The average Bonchev–Trinajstić information content (AvgIpc) is 2.30. The van der Waals surface area contributed by atoms with Crippen molar-refractivity contribution >= 4 is 11.6 Å². The zero-order chi connectivity index (χ0) is 10.5. The number of Topliss-reactive ketones (excluding diaryl/α,β-unsaturated/α-hetero) is 2. The highest BCUT2D eigenvalue weighted by atomic mass is 19.1. The molecule has 4 nitrogen and oxygen atoms in total. The standard InChI is InChI=1S/C9H5FO4/c10-5-3-1-2-4-6(5)8(12)9(13,14)7(4)11/h1-3,13-14H. The Kier molecular flexibility index (Phi) is 1.58. The van der Waals surface area contributed by atoms with E-state index >= 15 is 0 Å². The summed E-state index contributed by atoms with van der Waals surface area (Å²) in [5, 5.41) is 18.1. The first-order valence-electron chi connectivity index (χ1n) is 3.79. The van der Waals surface area contributed by atoms with E-state index in [9.17, 15) is 14.0 Å². The van der Waals surface area contributed by atoms with Crippen molar-refractivity contribution in [2.24, 2.45) is 0 Å². The van der Waals surface area contributed by atoms with Crippen molar-refractivity contribution in [2.75, 3.05) is 0 Å². The number of carbonyl (C=O) groups is 2. The summed E-state index contributed by atoms with van der Waals surface area (Å²) in [5.74, 6) is -6.52. The number of hydrogen-bond donors (Lipinski definition) is 2. The van der Waals surface area contributed by atoms with E-state index in [4.69, 9.17) is 10.2 Å². The lowest BCUT2D eigenvalue weighted by Crippen LogP contribution is -2.40. The van der Waals surface area contributed by atoms with Crippen LogP contribution in [0.2, 0.25) is 0 Å². The third-order valence-corrected chi connectivity index (χ3v) is 2.12. The molecule has 2 rings (SSSR count). The van der Waals surface area contributed by atoms with Gasteiger partial charge in [-0.15, -0.1) is 0 Å². The lowest BCUT2D eigenvalue weighted by atomic mass is 10.1. The summed E-state index contributed by atoms with van der Waals surface area (Å²) in [6, 6.07) is 3.37. The van der Waals surface area contributed by atoms with Gasteiger partial charge in [0.25, 0.3) is 5.79 Å². The van der Waals surface area contributed by atoms with Gasteiger partial charge in [-0.1, -0.05) is 12.1 Å². The van der Waals surface area contributed by atoms with Gasteiger partial charge in [0.1, 0.15) is 5.82 Å². The maximum atomic E-state index is 13.1. The molecule has 5 heteroatoms. The summed E-state index contributed by atoms with van der Waals surface area (Å²) in [7, 11) is 0. The molecule has 0 heterocycles. The monoisotopic (exact) mass is 196 g/mol. The van der Waals surface area contributed by atoms with Gasteiger partial charge in [0.05, 0.1) is 5.56 Å². The first-order valence-corrected chi connectivity index (χ1v) is 3.79. The van der Waals surface area contributed by atoms with Crippen LogP contribution < -0.4 is 0 Å².